The first-order chi connectivity index (χ1) is 11.5. The molecule has 0 atom stereocenters. The average molecular weight is 395 g/mol. The van der Waals surface area contributed by atoms with Gasteiger partial charge in [0.2, 0.25) is 0 Å². The molecule has 0 radical (unpaired) electrons. The molecule has 0 amide bonds. The first-order valence-electron chi connectivity index (χ1n) is 7.59. The van der Waals surface area contributed by atoms with E-state index < -0.39 is 11.9 Å². The lowest BCUT2D eigenvalue weighted by atomic mass is 10.1. The van der Waals surface area contributed by atoms with E-state index in [1.54, 1.807) is 18.2 Å². The molecule has 0 unspecified atom stereocenters. The maximum atomic E-state index is 12.6. The van der Waals surface area contributed by atoms with Crippen LogP contribution in [0.3, 0.4) is 0 Å². The third kappa shape index (κ3) is 3.53. The molecule has 0 aliphatic heterocycles. The van der Waals surface area contributed by atoms with E-state index in [0.717, 1.165) is 17.3 Å². The highest BCUT2D eigenvalue weighted by Crippen LogP contribution is 2.43. The average Bonchev–Trinajstić information content (AvgIpc) is 2.75. The Bertz CT molecular complexity index is 726. The van der Waals surface area contributed by atoms with Crippen LogP contribution in [0.2, 0.25) is 0 Å². The van der Waals surface area contributed by atoms with Gasteiger partial charge < -0.3 is 14.2 Å². The van der Waals surface area contributed by atoms with Gasteiger partial charge in [-0.1, -0.05) is 41.4 Å². The third-order valence-corrected chi connectivity index (χ3v) is 4.11. The van der Waals surface area contributed by atoms with E-state index in [4.69, 9.17) is 14.2 Å². The van der Waals surface area contributed by atoms with Gasteiger partial charge in [-0.15, -0.1) is 0 Å². The molecule has 2 aliphatic carbocycles. The summed E-state index contributed by atoms with van der Waals surface area (Å²) in [7, 11) is 2.70. The van der Waals surface area contributed by atoms with Crippen molar-refractivity contribution >= 4 is 27.9 Å². The number of halogens is 1. The lowest BCUT2D eigenvalue weighted by Gasteiger charge is -2.07. The van der Waals surface area contributed by atoms with Crippen molar-refractivity contribution in [3.05, 3.63) is 39.9 Å². The topological polar surface area (TPSA) is 61.8 Å². The highest BCUT2D eigenvalue weighted by Gasteiger charge is 2.33. The first-order valence-corrected chi connectivity index (χ1v) is 8.39. The maximum Gasteiger partial charge on any atom is 0.342 e. The Morgan fingerprint density at radius 1 is 1.08 bits per heavy atom. The zero-order valence-electron chi connectivity index (χ0n) is 13.8. The second-order valence-electron chi connectivity index (χ2n) is 5.15. The third-order valence-electron chi connectivity index (χ3n) is 3.61. The normalized spacial score (nSPS) is 10.5. The van der Waals surface area contributed by atoms with Gasteiger partial charge in [0.1, 0.15) is 16.9 Å². The summed E-state index contributed by atoms with van der Waals surface area (Å²) in [5.74, 6) is -0.901. The Kier molecular flexibility index (Phi) is 6.20. The monoisotopic (exact) mass is 394 g/mol. The number of unbranched alkanes of at least 4 members (excludes halogenated alkanes) is 1. The standard InChI is InChI=1S/C18H19BrO5/c1-4-5-9-24-18(21)14-12-8-6-7-11(19)10-13(12)15(16(14)22-2)17(20)23-3/h6-8,10H,4-5,9H2,1-3H3. The Labute approximate surface area is 149 Å². The molecular formula is C18H19BrO5. The van der Waals surface area contributed by atoms with Crippen molar-refractivity contribution in [2.75, 3.05) is 20.8 Å². The van der Waals surface area contributed by atoms with Crippen LogP contribution in [0.5, 0.6) is 5.75 Å². The number of esters is 2. The molecule has 0 bridgehead atoms. The van der Waals surface area contributed by atoms with Crippen LogP contribution in [0, 0.1) is 0 Å². The summed E-state index contributed by atoms with van der Waals surface area (Å²) in [5, 5.41) is 0. The molecular weight excluding hydrogens is 376 g/mol. The SMILES string of the molecule is CCCCOC(=O)c1c2cccc(Br)cc-2c(C(=O)OC)c1OC. The second-order valence-corrected chi connectivity index (χ2v) is 6.06. The van der Waals surface area contributed by atoms with Gasteiger partial charge in [0.25, 0.3) is 0 Å². The highest BCUT2D eigenvalue weighted by molar-refractivity contribution is 9.10. The predicted octanol–water partition coefficient (Wildman–Crippen LogP) is 4.31. The van der Waals surface area contributed by atoms with Crippen molar-refractivity contribution in [2.24, 2.45) is 0 Å². The molecule has 2 rings (SSSR count). The fourth-order valence-corrected chi connectivity index (χ4v) is 2.86. The molecule has 5 nitrogen and oxygen atoms in total. The number of fused-ring (bicyclic) bond motifs is 1. The van der Waals surface area contributed by atoms with Gasteiger partial charge in [-0.05, 0) is 18.6 Å². The maximum absolute atomic E-state index is 12.6. The number of methoxy groups -OCH3 is 2. The minimum atomic E-state index is -0.567. The van der Waals surface area contributed by atoms with Crippen LogP contribution in [0.15, 0.2) is 28.7 Å². The number of rotatable bonds is 6. The van der Waals surface area contributed by atoms with Crippen LogP contribution >= 0.6 is 15.9 Å². The van der Waals surface area contributed by atoms with Crippen molar-refractivity contribution in [3.63, 3.8) is 0 Å². The molecule has 0 heterocycles. The van der Waals surface area contributed by atoms with Crippen molar-refractivity contribution < 1.29 is 23.8 Å². The molecule has 0 spiro atoms. The van der Waals surface area contributed by atoms with Crippen molar-refractivity contribution in [1.82, 2.24) is 0 Å². The van der Waals surface area contributed by atoms with Crippen molar-refractivity contribution in [2.45, 2.75) is 19.8 Å². The minimum absolute atomic E-state index is 0.177. The molecule has 0 aromatic heterocycles. The van der Waals surface area contributed by atoms with Gasteiger partial charge in [-0.3, -0.25) is 0 Å². The lowest BCUT2D eigenvalue weighted by molar-refractivity contribution is 0.0497. The summed E-state index contributed by atoms with van der Waals surface area (Å²) >= 11 is 3.40. The summed E-state index contributed by atoms with van der Waals surface area (Å²) in [4.78, 5) is 24.8. The smallest absolute Gasteiger partial charge is 0.342 e. The van der Waals surface area contributed by atoms with E-state index in [9.17, 15) is 9.59 Å². The van der Waals surface area contributed by atoms with Crippen LogP contribution in [0.25, 0.3) is 11.1 Å². The van der Waals surface area contributed by atoms with E-state index in [1.807, 2.05) is 13.0 Å². The molecule has 0 fully saturated rings. The van der Waals surface area contributed by atoms with Crippen LogP contribution in [0.1, 0.15) is 40.5 Å². The quantitative estimate of drug-likeness (QED) is 0.539. The molecule has 2 aliphatic rings. The molecule has 128 valence electrons. The highest BCUT2D eigenvalue weighted by atomic mass is 79.9. The Hall–Kier alpha value is -2.08. The molecule has 0 saturated heterocycles. The Balaban J connectivity index is 2.65. The van der Waals surface area contributed by atoms with Gasteiger partial charge in [-0.2, -0.15) is 0 Å². The summed E-state index contributed by atoms with van der Waals surface area (Å²) in [6.45, 7) is 2.33. The van der Waals surface area contributed by atoms with Gasteiger partial charge in [0, 0.05) is 15.6 Å². The van der Waals surface area contributed by atoms with Gasteiger partial charge in [-0.25, -0.2) is 9.59 Å². The molecule has 0 aromatic carbocycles. The molecule has 0 saturated carbocycles. The van der Waals surface area contributed by atoms with E-state index in [-0.39, 0.29) is 16.9 Å². The fraction of sp³-hybridized carbons (Fsp3) is 0.333. The fourth-order valence-electron chi connectivity index (χ4n) is 2.48. The van der Waals surface area contributed by atoms with Gasteiger partial charge in [0.15, 0.2) is 0 Å². The van der Waals surface area contributed by atoms with Crippen molar-refractivity contribution in [1.29, 1.82) is 0 Å². The largest absolute Gasteiger partial charge is 0.495 e. The van der Waals surface area contributed by atoms with E-state index in [2.05, 4.69) is 15.9 Å². The second kappa shape index (κ2) is 8.15. The zero-order valence-corrected chi connectivity index (χ0v) is 15.4. The number of hydrogen-bond donors (Lipinski definition) is 0. The van der Waals surface area contributed by atoms with Crippen molar-refractivity contribution in [3.8, 4) is 16.9 Å². The van der Waals surface area contributed by atoms with Gasteiger partial charge in [0.05, 0.1) is 20.8 Å². The Morgan fingerprint density at radius 3 is 2.42 bits per heavy atom. The molecule has 6 heteroatoms. The summed E-state index contributed by atoms with van der Waals surface area (Å²) in [6, 6.07) is 7.12. The molecule has 0 N–H and O–H groups in total. The lowest BCUT2D eigenvalue weighted by Crippen LogP contribution is -2.08. The predicted molar refractivity (Wildman–Crippen MR) is 93.8 cm³/mol. The molecule has 24 heavy (non-hydrogen) atoms. The first kappa shape index (κ1) is 18.3. The van der Waals surface area contributed by atoms with E-state index >= 15 is 0 Å². The number of hydrogen-bond acceptors (Lipinski definition) is 5. The minimum Gasteiger partial charge on any atom is -0.495 e. The van der Waals surface area contributed by atoms with E-state index in [1.165, 1.54) is 14.2 Å². The summed E-state index contributed by atoms with van der Waals surface area (Å²) < 4.78 is 16.3. The number of carbonyl (C=O) groups excluding carboxylic acids is 2. The van der Waals surface area contributed by atoms with E-state index in [0.29, 0.717) is 17.7 Å². The zero-order chi connectivity index (χ0) is 17.7. The summed E-state index contributed by atoms with van der Waals surface area (Å²) in [5.41, 5.74) is 1.61. The van der Waals surface area contributed by atoms with Crippen LogP contribution < -0.4 is 4.74 Å². The van der Waals surface area contributed by atoms with Crippen LogP contribution in [-0.4, -0.2) is 32.8 Å². The molecule has 0 aromatic rings. The van der Waals surface area contributed by atoms with Crippen LogP contribution in [0.4, 0.5) is 0 Å². The Morgan fingerprint density at radius 2 is 1.79 bits per heavy atom. The number of ether oxygens (including phenoxy) is 3. The summed E-state index contributed by atoms with van der Waals surface area (Å²) in [6.07, 6.45) is 1.69. The van der Waals surface area contributed by atoms with Crippen LogP contribution in [-0.2, 0) is 9.47 Å². The van der Waals surface area contributed by atoms with Gasteiger partial charge >= 0.3 is 11.9 Å². The number of carbonyl (C=O) groups is 2.